The molecule has 1 amide bonds. The van der Waals surface area contributed by atoms with Crippen molar-refractivity contribution in [1.29, 1.82) is 0 Å². The highest BCUT2D eigenvalue weighted by Crippen LogP contribution is 2.44. The van der Waals surface area contributed by atoms with Crippen LogP contribution in [0.2, 0.25) is 0 Å². The number of allylic oxidation sites excluding steroid dienone is 2. The molecular weight excluding hydrogens is 379 g/mol. The van der Waals surface area contributed by atoms with Crippen molar-refractivity contribution in [1.82, 2.24) is 14.9 Å². The summed E-state index contributed by atoms with van der Waals surface area (Å²) in [6.07, 6.45) is 6.43. The smallest absolute Gasteiger partial charge is 0.225 e. The maximum Gasteiger partial charge on any atom is 0.225 e. The summed E-state index contributed by atoms with van der Waals surface area (Å²) in [7, 11) is 5.67. The van der Waals surface area contributed by atoms with Crippen LogP contribution in [-0.4, -0.2) is 41.9 Å². The molecule has 1 aliphatic carbocycles. The monoisotopic (exact) mass is 404 g/mol. The Balaban J connectivity index is 1.62. The Morgan fingerprint density at radius 3 is 2.83 bits per heavy atom. The molecule has 5 nitrogen and oxygen atoms in total. The van der Waals surface area contributed by atoms with Crippen LogP contribution in [0, 0.1) is 11.7 Å². The summed E-state index contributed by atoms with van der Waals surface area (Å²) in [5.41, 5.74) is 7.27. The van der Waals surface area contributed by atoms with Gasteiger partial charge in [0.2, 0.25) is 5.91 Å². The molecule has 0 fully saturated rings. The number of hydrogen-bond acceptors (Lipinski definition) is 3. The molecule has 1 aliphatic heterocycles. The molecule has 1 atom stereocenters. The number of rotatable bonds is 2. The van der Waals surface area contributed by atoms with Gasteiger partial charge in [-0.25, -0.2) is 9.37 Å². The molecule has 0 spiro atoms. The van der Waals surface area contributed by atoms with E-state index in [1.54, 1.807) is 17.2 Å². The van der Waals surface area contributed by atoms with E-state index < -0.39 is 0 Å². The van der Waals surface area contributed by atoms with Crippen LogP contribution in [-0.2, 0) is 11.3 Å². The van der Waals surface area contributed by atoms with Gasteiger partial charge in [0.25, 0.3) is 0 Å². The van der Waals surface area contributed by atoms with E-state index in [1.165, 1.54) is 17.2 Å². The highest BCUT2D eigenvalue weighted by molar-refractivity contribution is 6.02. The Kier molecular flexibility index (Phi) is 4.38. The number of pyridine rings is 1. The lowest BCUT2D eigenvalue weighted by atomic mass is 9.86. The number of halogens is 1. The van der Waals surface area contributed by atoms with Crippen LogP contribution in [0.15, 0.2) is 36.5 Å². The van der Waals surface area contributed by atoms with Gasteiger partial charge in [-0.1, -0.05) is 6.08 Å². The Morgan fingerprint density at radius 1 is 1.27 bits per heavy atom. The molecule has 1 unspecified atom stereocenters. The van der Waals surface area contributed by atoms with Crippen LogP contribution in [0.3, 0.4) is 0 Å². The SMILES string of the molecule is CN(C)C(=O)C1CC=C(c2[nH]c3nccc4c3c2CN(C)c2ccc(F)cc2-4)CC1. The van der Waals surface area contributed by atoms with E-state index in [4.69, 9.17) is 0 Å². The van der Waals surface area contributed by atoms with Crippen LogP contribution >= 0.6 is 0 Å². The van der Waals surface area contributed by atoms with Crippen molar-refractivity contribution in [3.8, 4) is 11.1 Å². The second kappa shape index (κ2) is 6.97. The number of benzene rings is 1. The lowest BCUT2D eigenvalue weighted by Gasteiger charge is -2.25. The van der Waals surface area contributed by atoms with E-state index in [9.17, 15) is 9.18 Å². The molecule has 1 N–H and O–H groups in total. The predicted molar refractivity (Wildman–Crippen MR) is 118 cm³/mol. The van der Waals surface area contributed by atoms with Crippen LogP contribution in [0.1, 0.15) is 30.5 Å². The molecule has 6 heteroatoms. The summed E-state index contributed by atoms with van der Waals surface area (Å²) in [6.45, 7) is 0.712. The second-order valence-electron chi connectivity index (χ2n) is 8.51. The first-order valence-corrected chi connectivity index (χ1v) is 10.3. The first-order valence-electron chi connectivity index (χ1n) is 10.3. The largest absolute Gasteiger partial charge is 0.370 e. The van der Waals surface area contributed by atoms with Gasteiger partial charge in [-0.15, -0.1) is 0 Å². The minimum Gasteiger partial charge on any atom is -0.370 e. The molecule has 5 rings (SSSR count). The summed E-state index contributed by atoms with van der Waals surface area (Å²) in [4.78, 5) is 24.3. The minimum atomic E-state index is -0.238. The number of anilines is 1. The number of aromatic nitrogens is 2. The Hall–Kier alpha value is -3.15. The number of carbonyl (C=O) groups is 1. The van der Waals surface area contributed by atoms with Crippen LogP contribution in [0.25, 0.3) is 27.7 Å². The third-order valence-electron chi connectivity index (χ3n) is 6.38. The van der Waals surface area contributed by atoms with Gasteiger partial charge in [-0.05, 0) is 54.7 Å². The number of nitrogens with one attached hydrogen (secondary N) is 1. The molecule has 0 saturated heterocycles. The molecule has 2 aliphatic rings. The standard InChI is InChI=1S/C24H25FN4O/c1-28(2)24(30)15-6-4-14(5-7-15)22-19-13-29(3)20-9-8-16(25)12-18(20)17-10-11-26-23(27-22)21(17)19/h4,8-12,15H,5-7,13H2,1-3H3,(H,26,27). The first kappa shape index (κ1) is 18.9. The second-order valence-corrected chi connectivity index (χ2v) is 8.51. The number of fused-ring (bicyclic) bond motifs is 2. The van der Waals surface area contributed by atoms with Gasteiger partial charge in [0, 0.05) is 67.7 Å². The van der Waals surface area contributed by atoms with Crippen LogP contribution in [0.4, 0.5) is 10.1 Å². The average Bonchev–Trinajstić information content (AvgIpc) is 3.05. The maximum absolute atomic E-state index is 14.1. The highest BCUT2D eigenvalue weighted by atomic mass is 19.1. The van der Waals surface area contributed by atoms with E-state index in [0.29, 0.717) is 6.54 Å². The molecular formula is C24H25FN4O. The van der Waals surface area contributed by atoms with Crippen molar-refractivity contribution in [2.75, 3.05) is 26.0 Å². The summed E-state index contributed by atoms with van der Waals surface area (Å²) >= 11 is 0. The van der Waals surface area contributed by atoms with Gasteiger partial charge in [0.05, 0.1) is 0 Å². The molecule has 154 valence electrons. The summed E-state index contributed by atoms with van der Waals surface area (Å²) in [5.74, 6) is 0.00927. The van der Waals surface area contributed by atoms with E-state index >= 15 is 0 Å². The summed E-state index contributed by atoms with van der Waals surface area (Å²) in [6, 6.07) is 6.95. The summed E-state index contributed by atoms with van der Waals surface area (Å²) < 4.78 is 14.1. The highest BCUT2D eigenvalue weighted by Gasteiger charge is 2.28. The minimum absolute atomic E-state index is 0.0517. The van der Waals surface area contributed by atoms with E-state index in [0.717, 1.165) is 52.8 Å². The zero-order chi connectivity index (χ0) is 21.0. The van der Waals surface area contributed by atoms with Crippen molar-refractivity contribution < 1.29 is 9.18 Å². The third kappa shape index (κ3) is 2.90. The molecule has 1 aromatic carbocycles. The van der Waals surface area contributed by atoms with Crippen molar-refractivity contribution >= 4 is 28.2 Å². The lowest BCUT2D eigenvalue weighted by molar-refractivity contribution is -0.133. The van der Waals surface area contributed by atoms with Crippen molar-refractivity contribution in [2.24, 2.45) is 5.92 Å². The van der Waals surface area contributed by atoms with E-state index in [1.807, 2.05) is 33.3 Å². The third-order valence-corrected chi connectivity index (χ3v) is 6.38. The van der Waals surface area contributed by atoms with E-state index in [-0.39, 0.29) is 17.6 Å². The van der Waals surface area contributed by atoms with Crippen molar-refractivity contribution in [2.45, 2.75) is 25.8 Å². The fourth-order valence-corrected chi connectivity index (χ4v) is 4.87. The quantitative estimate of drug-likeness (QED) is 0.680. The fourth-order valence-electron chi connectivity index (χ4n) is 4.87. The molecule has 2 aromatic heterocycles. The fraction of sp³-hybridized carbons (Fsp3) is 0.333. The van der Waals surface area contributed by atoms with Crippen molar-refractivity contribution in [3.63, 3.8) is 0 Å². The lowest BCUT2D eigenvalue weighted by Crippen LogP contribution is -2.30. The number of nitrogens with zero attached hydrogens (tertiary/aromatic N) is 3. The van der Waals surface area contributed by atoms with Gasteiger partial charge >= 0.3 is 0 Å². The Bertz CT molecular complexity index is 1190. The van der Waals surface area contributed by atoms with Gasteiger partial charge in [0.15, 0.2) is 0 Å². The molecule has 30 heavy (non-hydrogen) atoms. The number of H-pyrrole nitrogens is 1. The molecule has 0 saturated carbocycles. The van der Waals surface area contributed by atoms with Gasteiger partial charge in [-0.2, -0.15) is 0 Å². The molecule has 3 aromatic rings. The summed E-state index contributed by atoms with van der Waals surface area (Å²) in [5, 5.41) is 1.07. The zero-order valence-corrected chi connectivity index (χ0v) is 17.5. The first-order chi connectivity index (χ1) is 14.4. The topological polar surface area (TPSA) is 52.2 Å². The van der Waals surface area contributed by atoms with Crippen LogP contribution in [0.5, 0.6) is 0 Å². The average molecular weight is 404 g/mol. The maximum atomic E-state index is 14.1. The van der Waals surface area contributed by atoms with Gasteiger partial charge in [0.1, 0.15) is 11.5 Å². The van der Waals surface area contributed by atoms with Crippen molar-refractivity contribution in [3.05, 3.63) is 53.6 Å². The van der Waals surface area contributed by atoms with E-state index in [2.05, 4.69) is 20.9 Å². The molecule has 0 radical (unpaired) electrons. The number of amides is 1. The zero-order valence-electron chi connectivity index (χ0n) is 17.5. The molecule has 3 heterocycles. The Morgan fingerprint density at radius 2 is 2.10 bits per heavy atom. The van der Waals surface area contributed by atoms with Crippen LogP contribution < -0.4 is 4.90 Å². The Labute approximate surface area is 175 Å². The van der Waals surface area contributed by atoms with Gasteiger partial charge in [-0.3, -0.25) is 4.79 Å². The number of aromatic amines is 1. The number of hydrogen-bond donors (Lipinski definition) is 1. The predicted octanol–water partition coefficient (Wildman–Crippen LogP) is 4.59. The number of carbonyl (C=O) groups excluding carboxylic acids is 1. The van der Waals surface area contributed by atoms with Gasteiger partial charge < -0.3 is 14.8 Å². The molecule has 0 bridgehead atoms. The normalized spacial score (nSPS) is 18.1.